The van der Waals surface area contributed by atoms with Crippen LogP contribution in [0.5, 0.6) is 0 Å². The van der Waals surface area contributed by atoms with Gasteiger partial charge in [-0.3, -0.25) is 9.59 Å². The summed E-state index contributed by atoms with van der Waals surface area (Å²) in [5.41, 5.74) is -0.282. The highest BCUT2D eigenvalue weighted by Gasteiger charge is 2.24. The number of nitrogens with one attached hydrogen (secondary N) is 1. The van der Waals surface area contributed by atoms with Crippen molar-refractivity contribution >= 4 is 23.5 Å². The second kappa shape index (κ2) is 8.04. The lowest BCUT2D eigenvalue weighted by atomic mass is 9.96. The average Bonchev–Trinajstić information content (AvgIpc) is 2.80. The highest BCUT2D eigenvalue weighted by molar-refractivity contribution is 7.09. The smallest absolute Gasteiger partial charge is 0.355 e. The summed E-state index contributed by atoms with van der Waals surface area (Å²) in [4.78, 5) is 21.5. The van der Waals surface area contributed by atoms with E-state index in [4.69, 9.17) is 4.79 Å². The molecule has 1 rings (SSSR count). The van der Waals surface area contributed by atoms with E-state index in [0.717, 1.165) is 13.0 Å². The SMILES string of the molecule is CC(C)(C)C(=O)NCCc1cccs1.O=CC(F)(F)F. The Balaban J connectivity index is 0.000000511. The van der Waals surface area contributed by atoms with Gasteiger partial charge in [-0.1, -0.05) is 26.8 Å². The first-order valence-corrected chi connectivity index (χ1v) is 6.78. The van der Waals surface area contributed by atoms with Crippen molar-refractivity contribution in [3.05, 3.63) is 22.4 Å². The third kappa shape index (κ3) is 9.55. The minimum Gasteiger partial charge on any atom is -0.355 e. The van der Waals surface area contributed by atoms with Crippen molar-refractivity contribution in [2.45, 2.75) is 33.4 Å². The van der Waals surface area contributed by atoms with E-state index in [-0.39, 0.29) is 11.3 Å². The summed E-state index contributed by atoms with van der Waals surface area (Å²) in [5.74, 6) is 0.119. The van der Waals surface area contributed by atoms with Gasteiger partial charge in [0, 0.05) is 16.8 Å². The molecule has 0 saturated carbocycles. The molecule has 0 aliphatic rings. The first-order chi connectivity index (χ1) is 9.06. The Bertz CT molecular complexity index is 408. The Morgan fingerprint density at radius 1 is 1.35 bits per heavy atom. The zero-order chi connectivity index (χ0) is 15.8. The van der Waals surface area contributed by atoms with Crippen LogP contribution in [0, 0.1) is 5.41 Å². The van der Waals surface area contributed by atoms with Crippen LogP contribution in [0.15, 0.2) is 17.5 Å². The van der Waals surface area contributed by atoms with Gasteiger partial charge < -0.3 is 5.32 Å². The fourth-order valence-electron chi connectivity index (χ4n) is 1.02. The molecule has 1 aromatic rings. The third-order valence-electron chi connectivity index (χ3n) is 2.05. The number of alkyl halides is 3. The minimum absolute atomic E-state index is 0.119. The van der Waals surface area contributed by atoms with E-state index in [1.807, 2.05) is 26.8 Å². The predicted octanol–water partition coefficient (Wildman–Crippen LogP) is 3.20. The topological polar surface area (TPSA) is 46.2 Å². The summed E-state index contributed by atoms with van der Waals surface area (Å²) in [5, 5.41) is 4.99. The zero-order valence-corrected chi connectivity index (χ0v) is 12.4. The molecule has 7 heteroatoms. The standard InChI is InChI=1S/C11H17NOS.C2HF3O/c1-11(2,3)10(13)12-7-6-9-5-4-8-14-9;3-2(4,5)1-6/h4-5,8H,6-7H2,1-3H3,(H,12,13);1H. The maximum atomic E-state index is 11.5. The van der Waals surface area contributed by atoms with E-state index >= 15 is 0 Å². The fraction of sp³-hybridized carbons (Fsp3) is 0.538. The molecule has 1 amide bonds. The highest BCUT2D eigenvalue weighted by Crippen LogP contribution is 2.13. The third-order valence-corrected chi connectivity index (χ3v) is 2.99. The largest absolute Gasteiger partial charge is 0.446 e. The van der Waals surface area contributed by atoms with Crippen molar-refractivity contribution in [2.75, 3.05) is 6.54 Å². The molecular formula is C13H18F3NO2S. The van der Waals surface area contributed by atoms with Crippen molar-refractivity contribution in [1.82, 2.24) is 5.32 Å². The number of thiophene rings is 1. The number of hydrogen-bond acceptors (Lipinski definition) is 3. The van der Waals surface area contributed by atoms with Gasteiger partial charge >= 0.3 is 6.18 Å². The quantitative estimate of drug-likeness (QED) is 0.872. The zero-order valence-electron chi connectivity index (χ0n) is 11.6. The molecule has 1 heterocycles. The molecule has 0 bridgehead atoms. The molecule has 0 aliphatic heterocycles. The van der Waals surface area contributed by atoms with Crippen LogP contribution in [0.4, 0.5) is 13.2 Å². The van der Waals surface area contributed by atoms with Crippen molar-refractivity contribution in [3.8, 4) is 0 Å². The molecule has 0 radical (unpaired) electrons. The lowest BCUT2D eigenvalue weighted by Crippen LogP contribution is -2.35. The van der Waals surface area contributed by atoms with Crippen LogP contribution in [0.3, 0.4) is 0 Å². The van der Waals surface area contributed by atoms with Crippen molar-refractivity contribution in [2.24, 2.45) is 5.41 Å². The monoisotopic (exact) mass is 309 g/mol. The summed E-state index contributed by atoms with van der Waals surface area (Å²) in [7, 11) is 0. The number of aldehydes is 1. The summed E-state index contributed by atoms with van der Waals surface area (Å²) >= 11 is 1.73. The summed E-state index contributed by atoms with van der Waals surface area (Å²) < 4.78 is 31.2. The van der Waals surface area contributed by atoms with Gasteiger partial charge in [-0.25, -0.2) is 0 Å². The Hall–Kier alpha value is -1.37. The minimum atomic E-state index is -4.64. The molecule has 114 valence electrons. The Morgan fingerprint density at radius 3 is 2.25 bits per heavy atom. The van der Waals surface area contributed by atoms with Crippen molar-refractivity contribution < 1.29 is 22.8 Å². The molecule has 0 fully saturated rings. The normalized spacial score (nSPS) is 11.3. The molecule has 0 aliphatic carbocycles. The average molecular weight is 309 g/mol. The van der Waals surface area contributed by atoms with Gasteiger partial charge in [-0.05, 0) is 17.9 Å². The van der Waals surface area contributed by atoms with Crippen LogP contribution >= 0.6 is 11.3 Å². The lowest BCUT2D eigenvalue weighted by Gasteiger charge is -2.17. The number of carbonyl (C=O) groups is 2. The van der Waals surface area contributed by atoms with E-state index in [1.165, 1.54) is 4.88 Å². The molecule has 0 unspecified atom stereocenters. The van der Waals surface area contributed by atoms with Gasteiger partial charge in [0.25, 0.3) is 0 Å². The van der Waals surface area contributed by atoms with Crippen LogP contribution in [0.25, 0.3) is 0 Å². The van der Waals surface area contributed by atoms with Crippen LogP contribution in [0.1, 0.15) is 25.6 Å². The molecule has 1 aromatic heterocycles. The second-order valence-electron chi connectivity index (χ2n) is 4.99. The van der Waals surface area contributed by atoms with E-state index < -0.39 is 12.5 Å². The predicted molar refractivity (Wildman–Crippen MR) is 72.6 cm³/mol. The number of carbonyl (C=O) groups excluding carboxylic acids is 2. The Morgan fingerprint density at radius 2 is 1.90 bits per heavy atom. The Kier molecular flexibility index (Phi) is 7.49. The van der Waals surface area contributed by atoms with Gasteiger partial charge in [-0.15, -0.1) is 11.3 Å². The summed E-state index contributed by atoms with van der Waals surface area (Å²) in [6.45, 7) is 6.51. The maximum absolute atomic E-state index is 11.5. The first kappa shape index (κ1) is 18.6. The molecular weight excluding hydrogens is 291 g/mol. The first-order valence-electron chi connectivity index (χ1n) is 5.90. The van der Waals surface area contributed by atoms with Gasteiger partial charge in [0.15, 0.2) is 0 Å². The molecule has 0 saturated heterocycles. The van der Waals surface area contributed by atoms with Gasteiger partial charge in [0.1, 0.15) is 0 Å². The fourth-order valence-corrected chi connectivity index (χ4v) is 1.73. The van der Waals surface area contributed by atoms with Gasteiger partial charge in [0.05, 0.1) is 0 Å². The van der Waals surface area contributed by atoms with Crippen molar-refractivity contribution in [1.29, 1.82) is 0 Å². The molecule has 3 nitrogen and oxygen atoms in total. The highest BCUT2D eigenvalue weighted by atomic mass is 32.1. The maximum Gasteiger partial charge on any atom is 0.446 e. The second-order valence-corrected chi connectivity index (χ2v) is 6.03. The van der Waals surface area contributed by atoms with Gasteiger partial charge in [-0.2, -0.15) is 13.2 Å². The lowest BCUT2D eigenvalue weighted by molar-refractivity contribution is -0.156. The molecule has 0 aromatic carbocycles. The van der Waals surface area contributed by atoms with E-state index in [1.54, 1.807) is 11.3 Å². The van der Waals surface area contributed by atoms with E-state index in [2.05, 4.69) is 16.8 Å². The van der Waals surface area contributed by atoms with Gasteiger partial charge in [0.2, 0.25) is 12.2 Å². The number of amides is 1. The number of halogens is 3. The summed E-state index contributed by atoms with van der Waals surface area (Å²) in [6.07, 6.45) is -4.77. The molecule has 0 atom stereocenters. The van der Waals surface area contributed by atoms with Crippen LogP contribution in [-0.2, 0) is 16.0 Å². The van der Waals surface area contributed by atoms with Crippen molar-refractivity contribution in [3.63, 3.8) is 0 Å². The van der Waals surface area contributed by atoms with Crippen LogP contribution < -0.4 is 5.32 Å². The molecule has 0 spiro atoms. The number of hydrogen-bond donors (Lipinski definition) is 1. The van der Waals surface area contributed by atoms with E-state index in [9.17, 15) is 18.0 Å². The number of rotatable bonds is 3. The van der Waals surface area contributed by atoms with E-state index in [0.29, 0.717) is 0 Å². The van der Waals surface area contributed by atoms with Crippen LogP contribution in [-0.4, -0.2) is 24.9 Å². The molecule has 1 N–H and O–H groups in total. The Labute approximate surface area is 120 Å². The van der Waals surface area contributed by atoms with Crippen LogP contribution in [0.2, 0.25) is 0 Å². The summed E-state index contributed by atoms with van der Waals surface area (Å²) in [6, 6.07) is 4.12. The molecule has 20 heavy (non-hydrogen) atoms.